The van der Waals surface area contributed by atoms with E-state index in [1.807, 2.05) is 12.1 Å². The summed E-state index contributed by atoms with van der Waals surface area (Å²) in [5, 5.41) is 16.9. The SMILES string of the molecule is CC(C)c1ccccc1[C@@H]1CCCN1C1CC2(C1)CN(c1ccc(C(N)=O)c(N3c4cc5cc[nH]c5nc4O[C@H]4COC[C@@H]43)c1S(=O)(=O)c1cc3c(c([N+](=O)[O-])c1)N[C@H]([C@H]1COCCO1)CO3)C2. The Morgan fingerprint density at radius 3 is 2.59 bits per heavy atom. The van der Waals surface area contributed by atoms with Gasteiger partial charge in [0, 0.05) is 54.3 Å². The van der Waals surface area contributed by atoms with E-state index >= 15 is 8.42 Å². The second kappa shape index (κ2) is 16.3. The van der Waals surface area contributed by atoms with Crippen LogP contribution in [0.1, 0.15) is 73.0 Å². The first-order valence-corrected chi connectivity index (χ1v) is 25.1. The molecule has 19 heteroatoms. The first kappa shape index (κ1) is 43.3. The van der Waals surface area contributed by atoms with Crippen LogP contribution in [0.15, 0.2) is 76.7 Å². The Labute approximate surface area is 393 Å². The molecular formula is C49H54N8O10S. The first-order chi connectivity index (χ1) is 32.9. The summed E-state index contributed by atoms with van der Waals surface area (Å²) in [4.78, 5) is 39.9. The van der Waals surface area contributed by atoms with E-state index < -0.39 is 50.6 Å². The number of carbonyl (C=O) groups is 1. The van der Waals surface area contributed by atoms with Crippen molar-refractivity contribution in [3.05, 3.63) is 93.7 Å². The molecular weight excluding hydrogens is 893 g/mol. The van der Waals surface area contributed by atoms with Gasteiger partial charge in [0.25, 0.3) is 11.6 Å². The van der Waals surface area contributed by atoms with E-state index in [-0.39, 0.29) is 70.2 Å². The third-order valence-electron chi connectivity index (χ3n) is 15.3. The number of nitrogens with zero attached hydrogens (tertiary/aromatic N) is 5. The molecule has 1 aliphatic carbocycles. The van der Waals surface area contributed by atoms with Gasteiger partial charge in [0.1, 0.15) is 35.0 Å². The maximum absolute atomic E-state index is 16.0. The average molecular weight is 947 g/mol. The lowest BCUT2D eigenvalue weighted by molar-refractivity contribution is -0.384. The van der Waals surface area contributed by atoms with Crippen molar-refractivity contribution in [3.63, 3.8) is 0 Å². The number of nitrogens with two attached hydrogens (primary N) is 1. The van der Waals surface area contributed by atoms with Crippen molar-refractivity contribution in [2.24, 2.45) is 11.1 Å². The van der Waals surface area contributed by atoms with Crippen LogP contribution in [-0.4, -0.2) is 124 Å². The quantitative estimate of drug-likeness (QED) is 0.105. The number of primary amides is 1. The molecule has 12 rings (SSSR count). The third kappa shape index (κ3) is 6.98. The number of hydrogen-bond acceptors (Lipinski definition) is 15. The summed E-state index contributed by atoms with van der Waals surface area (Å²) in [5.41, 5.74) is 9.86. The van der Waals surface area contributed by atoms with Crippen molar-refractivity contribution < 1.29 is 41.8 Å². The number of sulfone groups is 1. The molecule has 0 bridgehead atoms. The number of pyridine rings is 1. The lowest BCUT2D eigenvalue weighted by Crippen LogP contribution is -2.66. The molecule has 1 saturated carbocycles. The predicted octanol–water partition coefficient (Wildman–Crippen LogP) is 6.22. The summed E-state index contributed by atoms with van der Waals surface area (Å²) in [6.07, 6.45) is 4.92. The molecule has 5 fully saturated rings. The lowest BCUT2D eigenvalue weighted by atomic mass is 9.60. The molecule has 6 aliphatic heterocycles. The summed E-state index contributed by atoms with van der Waals surface area (Å²) in [5.74, 6) is -0.212. The number of rotatable bonds is 10. The molecule has 7 aliphatic rings. The molecule has 5 atom stereocenters. The third-order valence-corrected chi connectivity index (χ3v) is 17.1. The number of benzene rings is 3. The van der Waals surface area contributed by atoms with Gasteiger partial charge in [-0.05, 0) is 73.5 Å². The fraction of sp³-hybridized carbons (Fsp3) is 0.469. The van der Waals surface area contributed by atoms with Crippen molar-refractivity contribution >= 4 is 55.2 Å². The largest absolute Gasteiger partial charge is 0.489 e. The second-order valence-electron chi connectivity index (χ2n) is 19.8. The first-order valence-electron chi connectivity index (χ1n) is 23.6. The van der Waals surface area contributed by atoms with Gasteiger partial charge in [-0.3, -0.25) is 19.8 Å². The number of nitrogens with one attached hydrogen (secondary N) is 2. The fourth-order valence-corrected chi connectivity index (χ4v) is 13.8. The number of amides is 1. The minimum Gasteiger partial charge on any atom is -0.489 e. The Hall–Kier alpha value is -5.99. The Bertz CT molecular complexity index is 2960. The van der Waals surface area contributed by atoms with Gasteiger partial charge >= 0.3 is 0 Å². The number of fused-ring (bicyclic) bond motifs is 4. The van der Waals surface area contributed by atoms with Gasteiger partial charge in [0.05, 0.1) is 71.9 Å². The van der Waals surface area contributed by atoms with Crippen LogP contribution in [0.2, 0.25) is 0 Å². The zero-order valence-electron chi connectivity index (χ0n) is 37.9. The van der Waals surface area contributed by atoms with Gasteiger partial charge in [-0.25, -0.2) is 8.42 Å². The molecule has 5 aromatic rings. The highest BCUT2D eigenvalue weighted by atomic mass is 32.2. The number of likely N-dealkylation sites (tertiary alicyclic amines) is 1. The topological polar surface area (TPSA) is 217 Å². The van der Waals surface area contributed by atoms with Crippen LogP contribution in [0.5, 0.6) is 11.6 Å². The van der Waals surface area contributed by atoms with E-state index in [4.69, 9.17) is 34.4 Å². The number of carbonyl (C=O) groups excluding carboxylic acids is 1. The number of anilines is 4. The van der Waals surface area contributed by atoms with Crippen LogP contribution in [0.3, 0.4) is 0 Å². The standard InChI is InChI=1S/C49H54N8O10S/c1-27(2)31-6-3-4-7-32(31)35-8-5-13-55(35)29-19-49(20-29)25-54(26-49)36-10-9-33(46(50)58)44(56-38-16-28-11-12-51-47(28)53-48(38)67-42-24-64-22-39(42)56)45(36)68(61,62)30-17-37(57(59)60)43-40(18-30)66-21-34(52-43)41-23-63-14-15-65-41/h3-4,6-7,9-12,16-18,27,29,34-35,39,41-42,52H,5,8,13-15,19-26H2,1-2H3,(H2,50,58)(H,51,53)/t34-,35-,39-,41+,42-/m0/s1. The van der Waals surface area contributed by atoms with E-state index in [1.54, 1.807) is 23.2 Å². The summed E-state index contributed by atoms with van der Waals surface area (Å²) in [6.45, 7) is 8.14. The summed E-state index contributed by atoms with van der Waals surface area (Å²) in [7, 11) is -4.78. The smallest absolute Gasteiger partial charge is 0.297 e. The van der Waals surface area contributed by atoms with Crippen LogP contribution >= 0.6 is 0 Å². The van der Waals surface area contributed by atoms with Gasteiger partial charge in [-0.2, -0.15) is 4.98 Å². The molecule has 1 amide bonds. The molecule has 0 radical (unpaired) electrons. The molecule has 2 aromatic heterocycles. The minimum atomic E-state index is -4.78. The Balaban J connectivity index is 0.959. The number of nitro groups is 1. The Kier molecular flexibility index (Phi) is 10.4. The molecule has 4 N–H and O–H groups in total. The second-order valence-corrected chi connectivity index (χ2v) is 21.6. The van der Waals surface area contributed by atoms with Crippen molar-refractivity contribution in [2.45, 2.75) is 91.6 Å². The minimum absolute atomic E-state index is 0.000388. The molecule has 4 saturated heterocycles. The van der Waals surface area contributed by atoms with Crippen molar-refractivity contribution in [3.8, 4) is 11.6 Å². The highest BCUT2D eigenvalue weighted by molar-refractivity contribution is 7.91. The summed E-state index contributed by atoms with van der Waals surface area (Å²) in [6, 6.07) is 17.8. The Morgan fingerprint density at radius 2 is 1.81 bits per heavy atom. The molecule has 1 spiro atoms. The van der Waals surface area contributed by atoms with E-state index in [0.29, 0.717) is 61.3 Å². The number of nitro benzene ring substituents is 1. The maximum atomic E-state index is 16.0. The molecule has 0 unspecified atom stereocenters. The Morgan fingerprint density at radius 1 is 0.985 bits per heavy atom. The van der Waals surface area contributed by atoms with Gasteiger partial charge in [-0.1, -0.05) is 38.1 Å². The highest BCUT2D eigenvalue weighted by Crippen LogP contribution is 2.57. The van der Waals surface area contributed by atoms with Crippen LogP contribution in [0.25, 0.3) is 11.0 Å². The zero-order chi connectivity index (χ0) is 46.6. The average Bonchev–Trinajstić information content (AvgIpc) is 4.10. The molecule has 3 aromatic carbocycles. The molecule has 356 valence electrons. The molecule has 18 nitrogen and oxygen atoms in total. The molecule has 68 heavy (non-hydrogen) atoms. The zero-order valence-corrected chi connectivity index (χ0v) is 38.7. The van der Waals surface area contributed by atoms with Gasteiger partial charge in [-0.15, -0.1) is 0 Å². The molecule has 8 heterocycles. The van der Waals surface area contributed by atoms with Gasteiger partial charge in [0.15, 0.2) is 11.4 Å². The van der Waals surface area contributed by atoms with Crippen LogP contribution in [0, 0.1) is 15.5 Å². The van der Waals surface area contributed by atoms with Gasteiger partial charge in [0.2, 0.25) is 15.7 Å². The number of ether oxygens (including phenoxy) is 5. The van der Waals surface area contributed by atoms with Crippen molar-refractivity contribution in [1.82, 2.24) is 14.9 Å². The van der Waals surface area contributed by atoms with E-state index in [2.05, 4.69) is 58.2 Å². The predicted molar refractivity (Wildman–Crippen MR) is 251 cm³/mol. The maximum Gasteiger partial charge on any atom is 0.297 e. The van der Waals surface area contributed by atoms with Crippen LogP contribution in [-0.2, 0) is 24.0 Å². The fourth-order valence-electron chi connectivity index (χ4n) is 12.1. The highest BCUT2D eigenvalue weighted by Gasteiger charge is 2.56. The number of H-pyrrole nitrogens is 1. The van der Waals surface area contributed by atoms with Crippen LogP contribution < -0.4 is 30.3 Å². The van der Waals surface area contributed by atoms with Crippen molar-refractivity contribution in [2.75, 3.05) is 74.4 Å². The monoisotopic (exact) mass is 946 g/mol. The van der Waals surface area contributed by atoms with Crippen molar-refractivity contribution in [1.29, 1.82) is 0 Å². The van der Waals surface area contributed by atoms with E-state index in [0.717, 1.165) is 43.7 Å². The normalized spacial score (nSPS) is 25.5. The van der Waals surface area contributed by atoms with Crippen LogP contribution in [0.4, 0.5) is 28.4 Å². The number of hydrogen-bond donors (Lipinski definition) is 3. The number of aromatic nitrogens is 2. The van der Waals surface area contributed by atoms with E-state index in [1.165, 1.54) is 17.2 Å². The van der Waals surface area contributed by atoms with Gasteiger partial charge < -0.3 is 49.5 Å². The number of aromatic amines is 1. The van der Waals surface area contributed by atoms with E-state index in [9.17, 15) is 14.9 Å². The summed E-state index contributed by atoms with van der Waals surface area (Å²) < 4.78 is 62.0. The lowest BCUT2D eigenvalue weighted by Gasteiger charge is -2.62. The summed E-state index contributed by atoms with van der Waals surface area (Å²) >= 11 is 0.